The summed E-state index contributed by atoms with van der Waals surface area (Å²) in [7, 11) is 0. The molecule has 86 valence electrons. The van der Waals surface area contributed by atoms with Crippen LogP contribution in [0.5, 0.6) is 0 Å². The molecule has 15 heavy (non-hydrogen) atoms. The van der Waals surface area contributed by atoms with Crippen LogP contribution in [0, 0.1) is 11.8 Å². The van der Waals surface area contributed by atoms with E-state index in [1.807, 2.05) is 0 Å². The molecule has 0 bridgehead atoms. The Balaban J connectivity index is 2.19. The molecule has 0 saturated heterocycles. The van der Waals surface area contributed by atoms with Crippen molar-refractivity contribution < 1.29 is 27.9 Å². The van der Waals surface area contributed by atoms with Crippen LogP contribution >= 0.6 is 0 Å². The van der Waals surface area contributed by atoms with Crippen LogP contribution in [-0.2, 0) is 9.59 Å². The van der Waals surface area contributed by atoms with Crippen LogP contribution in [0.2, 0.25) is 0 Å². The van der Waals surface area contributed by atoms with Crippen LogP contribution < -0.4 is 5.32 Å². The summed E-state index contributed by atoms with van der Waals surface area (Å²) in [6, 6.07) is 0. The van der Waals surface area contributed by atoms with Gasteiger partial charge in [0.15, 0.2) is 0 Å². The number of halogens is 3. The highest BCUT2D eigenvalue weighted by molar-refractivity contribution is 5.89. The van der Waals surface area contributed by atoms with Crippen molar-refractivity contribution in [1.29, 1.82) is 0 Å². The van der Waals surface area contributed by atoms with Gasteiger partial charge in [-0.3, -0.25) is 9.59 Å². The van der Waals surface area contributed by atoms with Crippen LogP contribution in [0.25, 0.3) is 0 Å². The largest absolute Gasteiger partial charge is 0.481 e. The van der Waals surface area contributed by atoms with Gasteiger partial charge in [-0.15, -0.1) is 0 Å². The molecular formula is C8H10F3NO3. The maximum Gasteiger partial charge on any atom is 0.390 e. The summed E-state index contributed by atoms with van der Waals surface area (Å²) in [6.45, 7) is -0.495. The number of hydrogen-bond donors (Lipinski definition) is 2. The average molecular weight is 225 g/mol. The van der Waals surface area contributed by atoms with Crippen LogP contribution in [0.4, 0.5) is 13.2 Å². The van der Waals surface area contributed by atoms with Crippen molar-refractivity contribution in [3.63, 3.8) is 0 Å². The summed E-state index contributed by atoms with van der Waals surface area (Å²) >= 11 is 0. The highest BCUT2D eigenvalue weighted by atomic mass is 19.4. The first kappa shape index (κ1) is 11.8. The fourth-order valence-electron chi connectivity index (χ4n) is 1.22. The number of hydrogen-bond acceptors (Lipinski definition) is 2. The van der Waals surface area contributed by atoms with Crippen molar-refractivity contribution >= 4 is 11.9 Å². The number of amides is 1. The van der Waals surface area contributed by atoms with Gasteiger partial charge >= 0.3 is 12.1 Å². The molecule has 1 rings (SSSR count). The average Bonchev–Trinajstić information content (AvgIpc) is 2.79. The number of rotatable bonds is 4. The Bertz CT molecular complexity index is 277. The number of carboxylic acids is 1. The van der Waals surface area contributed by atoms with Gasteiger partial charge in [0.05, 0.1) is 18.3 Å². The maximum atomic E-state index is 11.7. The molecule has 0 aromatic heterocycles. The van der Waals surface area contributed by atoms with Crippen LogP contribution in [-0.4, -0.2) is 29.7 Å². The zero-order valence-corrected chi connectivity index (χ0v) is 7.67. The van der Waals surface area contributed by atoms with E-state index in [1.54, 1.807) is 0 Å². The fourth-order valence-corrected chi connectivity index (χ4v) is 1.22. The van der Waals surface area contributed by atoms with Gasteiger partial charge in [0, 0.05) is 6.54 Å². The molecular weight excluding hydrogens is 215 g/mol. The monoisotopic (exact) mass is 225 g/mol. The predicted molar refractivity (Wildman–Crippen MR) is 42.9 cm³/mol. The number of carbonyl (C=O) groups is 2. The lowest BCUT2D eigenvalue weighted by molar-refractivity contribution is -0.141. The van der Waals surface area contributed by atoms with E-state index >= 15 is 0 Å². The van der Waals surface area contributed by atoms with Crippen molar-refractivity contribution in [3.05, 3.63) is 0 Å². The van der Waals surface area contributed by atoms with Gasteiger partial charge in [-0.2, -0.15) is 13.2 Å². The lowest BCUT2D eigenvalue weighted by atomic mass is 10.3. The molecule has 1 aliphatic carbocycles. The molecule has 1 saturated carbocycles. The predicted octanol–water partition coefficient (Wildman–Crippen LogP) is 0.776. The second-order valence-electron chi connectivity index (χ2n) is 3.44. The molecule has 7 heteroatoms. The van der Waals surface area contributed by atoms with E-state index in [0.717, 1.165) is 0 Å². The van der Waals surface area contributed by atoms with Crippen molar-refractivity contribution in [2.24, 2.45) is 11.8 Å². The quantitative estimate of drug-likeness (QED) is 0.742. The van der Waals surface area contributed by atoms with E-state index < -0.39 is 42.9 Å². The van der Waals surface area contributed by atoms with Crippen LogP contribution in [0.3, 0.4) is 0 Å². The van der Waals surface area contributed by atoms with Gasteiger partial charge in [0.2, 0.25) is 5.91 Å². The molecule has 2 N–H and O–H groups in total. The van der Waals surface area contributed by atoms with Gasteiger partial charge < -0.3 is 10.4 Å². The first-order chi connectivity index (χ1) is 6.81. The SMILES string of the molecule is O=C(O)[C@H]1C[C@H]1C(=O)NCCC(F)(F)F. The summed E-state index contributed by atoms with van der Waals surface area (Å²) in [6.07, 6.45) is -5.18. The standard InChI is InChI=1S/C8H10F3NO3/c9-8(10,11)1-2-12-6(13)4-3-5(4)7(14)15/h4-5H,1-3H2,(H,12,13)(H,14,15)/t4-,5+/m1/s1. The molecule has 0 aromatic rings. The number of nitrogens with one attached hydrogen (secondary N) is 1. The molecule has 0 radical (unpaired) electrons. The minimum Gasteiger partial charge on any atom is -0.481 e. The second-order valence-corrected chi connectivity index (χ2v) is 3.44. The molecule has 1 fully saturated rings. The lowest BCUT2D eigenvalue weighted by Gasteiger charge is -2.07. The zero-order valence-electron chi connectivity index (χ0n) is 7.67. The Hall–Kier alpha value is -1.27. The second kappa shape index (κ2) is 4.08. The molecule has 0 heterocycles. The third-order valence-electron chi connectivity index (χ3n) is 2.15. The summed E-state index contributed by atoms with van der Waals surface area (Å²) < 4.78 is 35.0. The van der Waals surface area contributed by atoms with Crippen molar-refractivity contribution in [1.82, 2.24) is 5.32 Å². The summed E-state index contributed by atoms with van der Waals surface area (Å²) in [5, 5.41) is 10.5. The molecule has 0 unspecified atom stereocenters. The van der Waals surface area contributed by atoms with E-state index in [9.17, 15) is 22.8 Å². The lowest BCUT2D eigenvalue weighted by Crippen LogP contribution is -2.30. The Morgan fingerprint density at radius 1 is 1.33 bits per heavy atom. The molecule has 0 aromatic carbocycles. The van der Waals surface area contributed by atoms with Crippen molar-refractivity contribution in [2.75, 3.05) is 6.54 Å². The molecule has 4 nitrogen and oxygen atoms in total. The molecule has 0 aliphatic heterocycles. The van der Waals surface area contributed by atoms with E-state index in [2.05, 4.69) is 5.32 Å². The number of carbonyl (C=O) groups excluding carboxylic acids is 1. The summed E-state index contributed by atoms with van der Waals surface area (Å²) in [5.74, 6) is -3.07. The molecule has 2 atom stereocenters. The third-order valence-corrected chi connectivity index (χ3v) is 2.15. The van der Waals surface area contributed by atoms with Gasteiger partial charge in [0.25, 0.3) is 0 Å². The summed E-state index contributed by atoms with van der Waals surface area (Å²) in [5.41, 5.74) is 0. The molecule has 0 spiro atoms. The Morgan fingerprint density at radius 2 is 1.93 bits per heavy atom. The third kappa shape index (κ3) is 3.77. The topological polar surface area (TPSA) is 66.4 Å². The summed E-state index contributed by atoms with van der Waals surface area (Å²) in [4.78, 5) is 21.4. The minimum atomic E-state index is -4.30. The number of aliphatic carboxylic acids is 1. The maximum absolute atomic E-state index is 11.7. The number of carboxylic acid groups (broad SMARTS) is 1. The van der Waals surface area contributed by atoms with Crippen molar-refractivity contribution in [2.45, 2.75) is 19.0 Å². The van der Waals surface area contributed by atoms with E-state index in [4.69, 9.17) is 5.11 Å². The Morgan fingerprint density at radius 3 is 2.33 bits per heavy atom. The van der Waals surface area contributed by atoms with Crippen molar-refractivity contribution in [3.8, 4) is 0 Å². The highest BCUT2D eigenvalue weighted by Gasteiger charge is 2.48. The minimum absolute atomic E-state index is 0.215. The van der Waals surface area contributed by atoms with Gasteiger partial charge in [-0.25, -0.2) is 0 Å². The molecule has 1 amide bonds. The van der Waals surface area contributed by atoms with Crippen LogP contribution in [0.1, 0.15) is 12.8 Å². The first-order valence-electron chi connectivity index (χ1n) is 4.38. The van der Waals surface area contributed by atoms with Crippen LogP contribution in [0.15, 0.2) is 0 Å². The smallest absolute Gasteiger partial charge is 0.390 e. The fraction of sp³-hybridized carbons (Fsp3) is 0.750. The first-order valence-corrected chi connectivity index (χ1v) is 4.38. The normalized spacial score (nSPS) is 24.7. The number of alkyl halides is 3. The van der Waals surface area contributed by atoms with E-state index in [-0.39, 0.29) is 6.42 Å². The molecule has 1 aliphatic rings. The van der Waals surface area contributed by atoms with E-state index in [0.29, 0.717) is 0 Å². The zero-order chi connectivity index (χ0) is 11.6. The van der Waals surface area contributed by atoms with E-state index in [1.165, 1.54) is 0 Å². The Kier molecular flexibility index (Phi) is 3.21. The Labute approximate surface area is 83.5 Å². The van der Waals surface area contributed by atoms with Gasteiger partial charge in [0.1, 0.15) is 0 Å². The highest BCUT2D eigenvalue weighted by Crippen LogP contribution is 2.38. The van der Waals surface area contributed by atoms with Gasteiger partial charge in [-0.05, 0) is 6.42 Å². The van der Waals surface area contributed by atoms with Gasteiger partial charge in [-0.1, -0.05) is 0 Å².